The van der Waals surface area contributed by atoms with E-state index in [2.05, 4.69) is 16.0 Å². The van der Waals surface area contributed by atoms with E-state index in [0.29, 0.717) is 23.5 Å². The highest BCUT2D eigenvalue weighted by Crippen LogP contribution is 2.30. The van der Waals surface area contributed by atoms with Gasteiger partial charge in [-0.25, -0.2) is 4.79 Å². The second-order valence-electron chi connectivity index (χ2n) is 7.45. The molecular weight excluding hydrogens is 433 g/mol. The van der Waals surface area contributed by atoms with Crippen LogP contribution in [0.5, 0.6) is 0 Å². The van der Waals surface area contributed by atoms with Gasteiger partial charge in [-0.1, -0.05) is 36.4 Å². The molecule has 3 aromatic rings. The quantitative estimate of drug-likeness (QED) is 0.469. The van der Waals surface area contributed by atoms with Crippen LogP contribution in [0.15, 0.2) is 72.8 Å². The number of alkyl halides is 3. The van der Waals surface area contributed by atoms with E-state index < -0.39 is 17.8 Å². The highest BCUT2D eigenvalue weighted by Gasteiger charge is 2.30. The lowest BCUT2D eigenvalue weighted by molar-refractivity contribution is -0.137. The van der Waals surface area contributed by atoms with E-state index in [-0.39, 0.29) is 11.6 Å². The minimum Gasteiger partial charge on any atom is -0.377 e. The van der Waals surface area contributed by atoms with Crippen molar-refractivity contribution in [2.75, 3.05) is 29.6 Å². The Morgan fingerprint density at radius 3 is 2.15 bits per heavy atom. The molecule has 0 bridgehead atoms. The molecule has 6 nitrogen and oxygen atoms in total. The maximum absolute atomic E-state index is 12.9. The minimum atomic E-state index is -4.52. The number of hydrogen-bond donors (Lipinski definition) is 3. The number of rotatable bonds is 6. The summed E-state index contributed by atoms with van der Waals surface area (Å²) in [6.45, 7) is 0.334. The van der Waals surface area contributed by atoms with Gasteiger partial charge in [-0.15, -0.1) is 0 Å². The monoisotopic (exact) mass is 456 g/mol. The van der Waals surface area contributed by atoms with Crippen molar-refractivity contribution >= 4 is 29.0 Å². The maximum Gasteiger partial charge on any atom is 0.416 e. The van der Waals surface area contributed by atoms with Gasteiger partial charge in [0.15, 0.2) is 0 Å². The first-order valence-electron chi connectivity index (χ1n) is 10.0. The van der Waals surface area contributed by atoms with Gasteiger partial charge in [0.05, 0.1) is 11.1 Å². The summed E-state index contributed by atoms with van der Waals surface area (Å²) in [4.78, 5) is 26.9. The van der Waals surface area contributed by atoms with Crippen molar-refractivity contribution in [1.82, 2.24) is 5.32 Å². The average molecular weight is 456 g/mol. The number of anilines is 3. The molecule has 0 spiro atoms. The van der Waals surface area contributed by atoms with Crippen molar-refractivity contribution < 1.29 is 22.8 Å². The van der Waals surface area contributed by atoms with Crippen LogP contribution in [-0.2, 0) is 12.7 Å². The molecular formula is C24H23F3N4O2. The lowest BCUT2D eigenvalue weighted by Crippen LogP contribution is -2.26. The number of hydrogen-bond acceptors (Lipinski definition) is 3. The predicted octanol–water partition coefficient (Wildman–Crippen LogP) is 5.35. The molecule has 0 saturated carbocycles. The highest BCUT2D eigenvalue weighted by molar-refractivity contribution is 6.04. The Bertz CT molecular complexity index is 1130. The molecule has 0 aliphatic rings. The Labute approximate surface area is 189 Å². The Morgan fingerprint density at radius 2 is 1.52 bits per heavy atom. The predicted molar refractivity (Wildman–Crippen MR) is 122 cm³/mol. The summed E-state index contributed by atoms with van der Waals surface area (Å²) < 4.78 is 38.6. The Kier molecular flexibility index (Phi) is 7.22. The van der Waals surface area contributed by atoms with E-state index in [4.69, 9.17) is 0 Å². The number of carbonyl (C=O) groups excluding carboxylic acids is 2. The fraction of sp³-hybridized carbons (Fsp3) is 0.167. The first-order chi connectivity index (χ1) is 15.6. The van der Waals surface area contributed by atoms with Gasteiger partial charge in [-0.2, -0.15) is 13.2 Å². The number of benzene rings is 3. The van der Waals surface area contributed by atoms with E-state index in [9.17, 15) is 22.8 Å². The number of carbonyl (C=O) groups is 2. The van der Waals surface area contributed by atoms with E-state index in [1.807, 2.05) is 30.3 Å². The van der Waals surface area contributed by atoms with Gasteiger partial charge in [-0.05, 0) is 42.0 Å². The molecule has 172 valence electrons. The van der Waals surface area contributed by atoms with Crippen molar-refractivity contribution in [2.24, 2.45) is 0 Å². The summed E-state index contributed by atoms with van der Waals surface area (Å²) in [5.41, 5.74) is 1.36. The van der Waals surface area contributed by atoms with E-state index >= 15 is 0 Å². The third kappa shape index (κ3) is 6.49. The lowest BCUT2D eigenvalue weighted by Gasteiger charge is -2.19. The van der Waals surface area contributed by atoms with E-state index in [1.165, 1.54) is 18.2 Å². The first-order valence-corrected chi connectivity index (χ1v) is 10.0. The van der Waals surface area contributed by atoms with Crippen LogP contribution in [-0.4, -0.2) is 26.0 Å². The smallest absolute Gasteiger partial charge is 0.377 e. The molecule has 3 N–H and O–H groups in total. The SMILES string of the molecule is CN(C)c1ccc(NC(=O)Nc2cccc(C(F)(F)F)c2)cc1C(=O)NCc1ccccc1. The van der Waals surface area contributed by atoms with Crippen LogP contribution in [0, 0.1) is 0 Å². The van der Waals surface area contributed by atoms with Gasteiger partial charge in [0.1, 0.15) is 0 Å². The molecule has 0 fully saturated rings. The standard InChI is InChI=1S/C24H23F3N4O2/c1-31(2)21-12-11-19(14-20(21)22(32)28-15-16-7-4-3-5-8-16)30-23(33)29-18-10-6-9-17(13-18)24(25,26)27/h3-14H,15H2,1-2H3,(H,28,32)(H2,29,30,33). The summed E-state index contributed by atoms with van der Waals surface area (Å²) in [5, 5.41) is 7.78. The molecule has 3 rings (SSSR count). The van der Waals surface area contributed by atoms with Crippen molar-refractivity contribution in [2.45, 2.75) is 12.7 Å². The largest absolute Gasteiger partial charge is 0.416 e. The molecule has 0 aliphatic heterocycles. The van der Waals surface area contributed by atoms with E-state index in [0.717, 1.165) is 17.7 Å². The van der Waals surface area contributed by atoms with Crippen molar-refractivity contribution in [3.05, 3.63) is 89.5 Å². The van der Waals surface area contributed by atoms with Gasteiger partial charge >= 0.3 is 12.2 Å². The Balaban J connectivity index is 1.73. The van der Waals surface area contributed by atoms with Crippen molar-refractivity contribution in [3.8, 4) is 0 Å². The normalized spacial score (nSPS) is 10.9. The third-order valence-electron chi connectivity index (χ3n) is 4.72. The molecule has 0 radical (unpaired) electrons. The molecule has 0 atom stereocenters. The fourth-order valence-electron chi connectivity index (χ4n) is 3.13. The van der Waals surface area contributed by atoms with Gasteiger partial charge in [-0.3, -0.25) is 4.79 Å². The number of urea groups is 1. The van der Waals surface area contributed by atoms with E-state index in [1.54, 1.807) is 31.1 Å². The summed E-state index contributed by atoms with van der Waals surface area (Å²) in [5.74, 6) is -0.329. The number of halogens is 3. The van der Waals surface area contributed by atoms with Gasteiger partial charge in [0.2, 0.25) is 0 Å². The molecule has 0 unspecified atom stereocenters. The summed E-state index contributed by atoms with van der Waals surface area (Å²) in [6.07, 6.45) is -4.52. The number of nitrogens with zero attached hydrogens (tertiary/aromatic N) is 1. The van der Waals surface area contributed by atoms with Crippen LogP contribution < -0.4 is 20.9 Å². The van der Waals surface area contributed by atoms with Gasteiger partial charge in [0.25, 0.3) is 5.91 Å². The van der Waals surface area contributed by atoms with Gasteiger partial charge in [0, 0.05) is 37.7 Å². The summed E-state index contributed by atoms with van der Waals surface area (Å²) >= 11 is 0. The zero-order valence-electron chi connectivity index (χ0n) is 18.0. The van der Waals surface area contributed by atoms with Crippen LogP contribution in [0.2, 0.25) is 0 Å². The lowest BCUT2D eigenvalue weighted by atomic mass is 10.1. The molecule has 0 heterocycles. The molecule has 9 heteroatoms. The molecule has 3 aromatic carbocycles. The second kappa shape index (κ2) is 10.1. The van der Waals surface area contributed by atoms with Crippen LogP contribution in [0.3, 0.4) is 0 Å². The zero-order valence-corrected chi connectivity index (χ0v) is 18.0. The van der Waals surface area contributed by atoms with Crippen LogP contribution in [0.1, 0.15) is 21.5 Å². The zero-order chi connectivity index (χ0) is 24.0. The maximum atomic E-state index is 12.9. The first kappa shape index (κ1) is 23.6. The van der Waals surface area contributed by atoms with Crippen LogP contribution >= 0.6 is 0 Å². The van der Waals surface area contributed by atoms with Crippen molar-refractivity contribution in [1.29, 1.82) is 0 Å². The average Bonchev–Trinajstić information content (AvgIpc) is 2.77. The van der Waals surface area contributed by atoms with Crippen molar-refractivity contribution in [3.63, 3.8) is 0 Å². The minimum absolute atomic E-state index is 0.00642. The number of nitrogens with one attached hydrogen (secondary N) is 3. The molecule has 0 saturated heterocycles. The fourth-order valence-corrected chi connectivity index (χ4v) is 3.13. The summed E-state index contributed by atoms with van der Waals surface area (Å²) in [7, 11) is 3.58. The highest BCUT2D eigenvalue weighted by atomic mass is 19.4. The topological polar surface area (TPSA) is 73.5 Å². The molecule has 0 aromatic heterocycles. The Hall–Kier alpha value is -4.01. The summed E-state index contributed by atoms with van der Waals surface area (Å²) in [6, 6.07) is 17.8. The molecule has 3 amide bonds. The van der Waals surface area contributed by atoms with Crippen LogP contribution in [0.25, 0.3) is 0 Å². The Morgan fingerprint density at radius 1 is 0.848 bits per heavy atom. The molecule has 0 aliphatic carbocycles. The second-order valence-corrected chi connectivity index (χ2v) is 7.45. The molecule has 33 heavy (non-hydrogen) atoms. The third-order valence-corrected chi connectivity index (χ3v) is 4.72. The number of amides is 3. The van der Waals surface area contributed by atoms with Crippen LogP contribution in [0.4, 0.5) is 35.0 Å². The van der Waals surface area contributed by atoms with Gasteiger partial charge < -0.3 is 20.9 Å².